The van der Waals surface area contributed by atoms with Gasteiger partial charge in [-0.3, -0.25) is 0 Å². The van der Waals surface area contributed by atoms with Gasteiger partial charge in [0.2, 0.25) is 0 Å². The van der Waals surface area contributed by atoms with Crippen LogP contribution in [-0.2, 0) is 0 Å². The van der Waals surface area contributed by atoms with Gasteiger partial charge in [-0.2, -0.15) is 5.10 Å². The second-order valence-corrected chi connectivity index (χ2v) is 5.02. The first-order valence-corrected chi connectivity index (χ1v) is 6.31. The molecule has 6 heteroatoms. The van der Waals surface area contributed by atoms with Gasteiger partial charge in [-0.1, -0.05) is 17.8 Å². The summed E-state index contributed by atoms with van der Waals surface area (Å²) in [5.74, 6) is -1.44. The Morgan fingerprint density at radius 1 is 1.32 bits per heavy atom. The van der Waals surface area contributed by atoms with E-state index in [0.717, 1.165) is 11.8 Å². The second kappa shape index (κ2) is 5.36. The van der Waals surface area contributed by atoms with Gasteiger partial charge in [-0.05, 0) is 37.6 Å². The molecule has 19 heavy (non-hydrogen) atoms. The molecule has 1 aromatic carbocycles. The Balaban J connectivity index is 2.46. The lowest BCUT2D eigenvalue weighted by atomic mass is 10.1. The molecule has 0 saturated heterocycles. The van der Waals surface area contributed by atoms with E-state index >= 15 is 0 Å². The monoisotopic (exact) mass is 278 g/mol. The van der Waals surface area contributed by atoms with E-state index in [-0.39, 0.29) is 16.4 Å². The van der Waals surface area contributed by atoms with Crippen molar-refractivity contribution < 1.29 is 14.3 Å². The largest absolute Gasteiger partial charge is 0.478 e. The smallest absolute Gasteiger partial charge is 0.338 e. The fourth-order valence-corrected chi connectivity index (χ4v) is 2.52. The van der Waals surface area contributed by atoms with Crippen LogP contribution >= 0.6 is 11.8 Å². The standard InChI is InChI=1S/C13H11FN2O2S/c1-7-8(2)15-16-12(11(7)13(17)18)19-10-5-3-4-9(14)6-10/h3-6H,1-2H3,(H,17,18). The summed E-state index contributed by atoms with van der Waals surface area (Å²) in [6.45, 7) is 3.38. The highest BCUT2D eigenvalue weighted by atomic mass is 32.2. The first-order valence-electron chi connectivity index (χ1n) is 5.49. The van der Waals surface area contributed by atoms with E-state index in [9.17, 15) is 14.3 Å². The first-order chi connectivity index (χ1) is 8.99. The van der Waals surface area contributed by atoms with Gasteiger partial charge in [0.25, 0.3) is 0 Å². The number of carbonyl (C=O) groups is 1. The van der Waals surface area contributed by atoms with Crippen molar-refractivity contribution in [3.63, 3.8) is 0 Å². The van der Waals surface area contributed by atoms with Crippen molar-refractivity contribution in [2.45, 2.75) is 23.8 Å². The predicted octanol–water partition coefficient (Wildman–Crippen LogP) is 3.08. The van der Waals surface area contributed by atoms with Gasteiger partial charge in [0.15, 0.2) is 0 Å². The van der Waals surface area contributed by atoms with Crippen LogP contribution in [0.4, 0.5) is 4.39 Å². The number of benzene rings is 1. The van der Waals surface area contributed by atoms with Gasteiger partial charge in [0.1, 0.15) is 10.8 Å². The van der Waals surface area contributed by atoms with Crippen molar-refractivity contribution >= 4 is 17.7 Å². The molecule has 0 spiro atoms. The summed E-state index contributed by atoms with van der Waals surface area (Å²) in [5.41, 5.74) is 1.25. The summed E-state index contributed by atoms with van der Waals surface area (Å²) in [6, 6.07) is 5.91. The van der Waals surface area contributed by atoms with Crippen molar-refractivity contribution in [3.8, 4) is 0 Å². The van der Waals surface area contributed by atoms with Gasteiger partial charge in [0.05, 0.1) is 11.3 Å². The lowest BCUT2D eigenvalue weighted by Crippen LogP contribution is -2.07. The van der Waals surface area contributed by atoms with Crippen LogP contribution in [0.1, 0.15) is 21.6 Å². The van der Waals surface area contributed by atoms with Gasteiger partial charge in [0, 0.05) is 4.90 Å². The zero-order valence-electron chi connectivity index (χ0n) is 10.3. The molecule has 0 bridgehead atoms. The summed E-state index contributed by atoms with van der Waals surface area (Å²) in [4.78, 5) is 11.9. The number of hydrogen-bond acceptors (Lipinski definition) is 4. The highest BCUT2D eigenvalue weighted by Gasteiger charge is 2.18. The highest BCUT2D eigenvalue weighted by molar-refractivity contribution is 7.99. The molecule has 1 N–H and O–H groups in total. The van der Waals surface area contributed by atoms with Crippen molar-refractivity contribution in [1.29, 1.82) is 0 Å². The van der Waals surface area contributed by atoms with Gasteiger partial charge in [-0.15, -0.1) is 5.10 Å². The van der Waals surface area contributed by atoms with Crippen molar-refractivity contribution in [2.75, 3.05) is 0 Å². The number of carboxylic acids is 1. The average Bonchev–Trinajstić information content (AvgIpc) is 2.33. The maximum Gasteiger partial charge on any atom is 0.338 e. The SMILES string of the molecule is Cc1nnc(Sc2cccc(F)c2)c(C(=O)O)c1C. The lowest BCUT2D eigenvalue weighted by Gasteiger charge is -2.08. The molecule has 98 valence electrons. The molecule has 0 saturated carbocycles. The molecule has 0 aliphatic carbocycles. The number of aromatic carboxylic acids is 1. The minimum Gasteiger partial charge on any atom is -0.478 e. The number of halogens is 1. The summed E-state index contributed by atoms with van der Waals surface area (Å²) < 4.78 is 13.1. The maximum atomic E-state index is 13.1. The molecule has 1 aromatic heterocycles. The predicted molar refractivity (Wildman–Crippen MR) is 69.0 cm³/mol. The zero-order valence-corrected chi connectivity index (χ0v) is 11.2. The third-order valence-corrected chi connectivity index (χ3v) is 3.62. The van der Waals surface area contributed by atoms with E-state index < -0.39 is 5.97 Å². The average molecular weight is 278 g/mol. The summed E-state index contributed by atoms with van der Waals surface area (Å²) in [6.07, 6.45) is 0. The molecule has 4 nitrogen and oxygen atoms in total. The Morgan fingerprint density at radius 3 is 2.68 bits per heavy atom. The van der Waals surface area contributed by atoms with Crippen LogP contribution in [-0.4, -0.2) is 21.3 Å². The summed E-state index contributed by atoms with van der Waals surface area (Å²) in [7, 11) is 0. The third kappa shape index (κ3) is 2.90. The molecule has 0 radical (unpaired) electrons. The van der Waals surface area contributed by atoms with E-state index in [0.29, 0.717) is 16.2 Å². The van der Waals surface area contributed by atoms with Crippen molar-refractivity contribution in [2.24, 2.45) is 0 Å². The zero-order chi connectivity index (χ0) is 14.0. The second-order valence-electron chi connectivity index (χ2n) is 3.96. The molecule has 0 atom stereocenters. The number of aryl methyl sites for hydroxylation is 1. The number of hydrogen-bond donors (Lipinski definition) is 1. The summed E-state index contributed by atoms with van der Waals surface area (Å²) in [5, 5.41) is 17.3. The number of carboxylic acid groups (broad SMARTS) is 1. The van der Waals surface area contributed by atoms with E-state index in [1.165, 1.54) is 12.1 Å². The van der Waals surface area contributed by atoms with Crippen LogP contribution in [0, 0.1) is 19.7 Å². The minimum atomic E-state index is -1.06. The quantitative estimate of drug-likeness (QED) is 0.934. The number of rotatable bonds is 3. The fourth-order valence-electron chi connectivity index (χ4n) is 1.55. The van der Waals surface area contributed by atoms with E-state index in [1.807, 2.05) is 0 Å². The van der Waals surface area contributed by atoms with Crippen LogP contribution in [0.2, 0.25) is 0 Å². The normalized spacial score (nSPS) is 10.5. The van der Waals surface area contributed by atoms with Crippen LogP contribution in [0.3, 0.4) is 0 Å². The van der Waals surface area contributed by atoms with Crippen LogP contribution in [0.15, 0.2) is 34.2 Å². The summed E-state index contributed by atoms with van der Waals surface area (Å²) >= 11 is 1.09. The molecule has 0 fully saturated rings. The van der Waals surface area contributed by atoms with Gasteiger partial charge >= 0.3 is 5.97 Å². The molecule has 2 rings (SSSR count). The van der Waals surface area contributed by atoms with E-state index in [4.69, 9.17) is 0 Å². The highest BCUT2D eigenvalue weighted by Crippen LogP contribution is 2.30. The minimum absolute atomic E-state index is 0.113. The molecule has 0 aliphatic heterocycles. The Morgan fingerprint density at radius 2 is 2.05 bits per heavy atom. The van der Waals surface area contributed by atoms with Crippen LogP contribution < -0.4 is 0 Å². The molecular weight excluding hydrogens is 267 g/mol. The Bertz CT molecular complexity index is 647. The van der Waals surface area contributed by atoms with Crippen LogP contribution in [0.5, 0.6) is 0 Å². The molecule has 0 aliphatic rings. The molecular formula is C13H11FN2O2S. The first kappa shape index (κ1) is 13.5. The lowest BCUT2D eigenvalue weighted by molar-refractivity contribution is 0.0690. The van der Waals surface area contributed by atoms with Crippen molar-refractivity contribution in [1.82, 2.24) is 10.2 Å². The molecule has 0 amide bonds. The topological polar surface area (TPSA) is 63.1 Å². The number of aromatic nitrogens is 2. The molecule has 1 heterocycles. The van der Waals surface area contributed by atoms with E-state index in [2.05, 4.69) is 10.2 Å². The van der Waals surface area contributed by atoms with Crippen LogP contribution in [0.25, 0.3) is 0 Å². The third-order valence-electron chi connectivity index (χ3n) is 2.65. The Hall–Kier alpha value is -1.95. The Kier molecular flexibility index (Phi) is 3.80. The number of nitrogens with zero attached hydrogens (tertiary/aromatic N) is 2. The van der Waals surface area contributed by atoms with Gasteiger partial charge in [-0.25, -0.2) is 9.18 Å². The maximum absolute atomic E-state index is 13.1. The molecule has 0 unspecified atom stereocenters. The fraction of sp³-hybridized carbons (Fsp3) is 0.154. The van der Waals surface area contributed by atoms with Crippen molar-refractivity contribution in [3.05, 3.63) is 46.9 Å². The Labute approximate surface area is 113 Å². The van der Waals surface area contributed by atoms with Gasteiger partial charge < -0.3 is 5.11 Å². The molecule has 2 aromatic rings. The van der Waals surface area contributed by atoms with E-state index in [1.54, 1.807) is 26.0 Å².